The van der Waals surface area contributed by atoms with Crippen molar-refractivity contribution in [1.82, 2.24) is 14.5 Å². The third-order valence-corrected chi connectivity index (χ3v) is 15.0. The van der Waals surface area contributed by atoms with Gasteiger partial charge in [-0.2, -0.15) is 11.3 Å². The number of pyridine rings is 1. The Labute approximate surface area is 395 Å². The van der Waals surface area contributed by atoms with E-state index in [1.165, 1.54) is 60.7 Å². The topological polar surface area (TPSA) is 30.7 Å². The minimum absolute atomic E-state index is 0. The summed E-state index contributed by atoms with van der Waals surface area (Å²) in [5, 5.41) is 3.79. The second kappa shape index (κ2) is 18.7. The molecule has 10 rings (SSSR count). The molecule has 7 heteroatoms. The van der Waals surface area contributed by atoms with Gasteiger partial charge >= 0.3 is 0 Å². The average Bonchev–Trinajstić information content (AvgIpc) is 3.88. The first-order valence-electron chi connectivity index (χ1n) is 21.7. The van der Waals surface area contributed by atoms with Gasteiger partial charge in [0, 0.05) is 36.7 Å². The van der Waals surface area contributed by atoms with E-state index in [0.717, 1.165) is 49.5 Å². The maximum Gasteiger partial charge on any atom is 0.123 e. The maximum absolute atomic E-state index is 13.7. The molecule has 0 N–H and O–H groups in total. The van der Waals surface area contributed by atoms with Crippen LogP contribution in [0.2, 0.25) is 19.6 Å². The van der Waals surface area contributed by atoms with Gasteiger partial charge in [0.1, 0.15) is 5.82 Å². The van der Waals surface area contributed by atoms with Crippen molar-refractivity contribution in [2.45, 2.75) is 59.2 Å². The molecule has 1 radical (unpaired) electrons. The van der Waals surface area contributed by atoms with Crippen LogP contribution in [-0.4, -0.2) is 22.6 Å². The Morgan fingerprint density at radius 2 is 1.30 bits per heavy atom. The SMILES string of the molecule is CC(C)c1cc(-c2ccccc2)cc(C(C)C)c1-n1c(-c2[c-]ccc3c2sc2cc(-c4ccc(F)cc4)ccc23)nc2ccccc21.C[Si](C)(C)c1ccc(-c2[c-]cccc2)nc1.[Ir]. The van der Waals surface area contributed by atoms with Gasteiger partial charge in [-0.3, -0.25) is 4.98 Å². The van der Waals surface area contributed by atoms with Crippen LogP contribution in [0, 0.1) is 17.9 Å². The summed E-state index contributed by atoms with van der Waals surface area (Å²) in [6, 6.07) is 60.4. The molecule has 0 bridgehead atoms. The summed E-state index contributed by atoms with van der Waals surface area (Å²) in [6.45, 7) is 16.1. The summed E-state index contributed by atoms with van der Waals surface area (Å²) in [5.74, 6) is 1.25. The van der Waals surface area contributed by atoms with E-state index < -0.39 is 8.07 Å². The van der Waals surface area contributed by atoms with E-state index in [0.29, 0.717) is 0 Å². The molecule has 3 nitrogen and oxygen atoms in total. The third kappa shape index (κ3) is 8.96. The largest absolute Gasteiger partial charge is 0.333 e. The zero-order valence-electron chi connectivity index (χ0n) is 37.2. The summed E-state index contributed by atoms with van der Waals surface area (Å²) in [4.78, 5) is 9.86. The van der Waals surface area contributed by atoms with Gasteiger partial charge in [-0.1, -0.05) is 137 Å². The summed E-state index contributed by atoms with van der Waals surface area (Å²) < 4.78 is 18.4. The van der Waals surface area contributed by atoms with Crippen molar-refractivity contribution in [1.29, 1.82) is 0 Å². The zero-order valence-corrected chi connectivity index (χ0v) is 41.4. The number of para-hydroxylation sites is 2. The molecule has 10 aromatic rings. The van der Waals surface area contributed by atoms with Crippen molar-refractivity contribution in [3.63, 3.8) is 0 Å². The summed E-state index contributed by atoms with van der Waals surface area (Å²) in [6.07, 6.45) is 2.02. The number of nitrogens with zero attached hydrogens (tertiary/aromatic N) is 3. The first-order valence-corrected chi connectivity index (χ1v) is 26.0. The van der Waals surface area contributed by atoms with Crippen LogP contribution in [-0.2, 0) is 20.1 Å². The Morgan fingerprint density at radius 1 is 0.625 bits per heavy atom. The van der Waals surface area contributed by atoms with Gasteiger partial charge in [0.2, 0.25) is 0 Å². The van der Waals surface area contributed by atoms with Gasteiger partial charge < -0.3 is 9.55 Å². The van der Waals surface area contributed by atoms with Gasteiger partial charge in [-0.15, -0.1) is 54.1 Å². The van der Waals surface area contributed by atoms with E-state index in [-0.39, 0.29) is 37.8 Å². The predicted octanol–water partition coefficient (Wildman–Crippen LogP) is 15.7. The molecule has 7 aromatic carbocycles. The Kier molecular flexibility index (Phi) is 13.1. The Hall–Kier alpha value is -5.82. The van der Waals surface area contributed by atoms with Crippen LogP contribution in [0.5, 0.6) is 0 Å². The molecule has 0 spiro atoms. The minimum atomic E-state index is -1.23. The van der Waals surface area contributed by atoms with Crippen molar-refractivity contribution in [3.05, 3.63) is 193 Å². The van der Waals surface area contributed by atoms with Crippen LogP contribution >= 0.6 is 11.3 Å². The fourth-order valence-electron chi connectivity index (χ4n) is 8.31. The van der Waals surface area contributed by atoms with Gasteiger partial charge in [-0.25, -0.2) is 4.39 Å². The van der Waals surface area contributed by atoms with E-state index in [1.54, 1.807) is 11.3 Å². The molecule has 0 aliphatic rings. The van der Waals surface area contributed by atoms with Crippen molar-refractivity contribution in [3.8, 4) is 50.6 Å². The summed E-state index contributed by atoms with van der Waals surface area (Å²) in [5.41, 5.74) is 13.5. The molecule has 3 aromatic heterocycles. The molecular weight excluding hydrogens is 998 g/mol. The number of benzene rings is 7. The number of halogens is 1. The number of imidazole rings is 1. The van der Waals surface area contributed by atoms with Gasteiger partial charge in [0.05, 0.1) is 24.9 Å². The quantitative estimate of drug-likeness (QED) is 0.112. The predicted molar refractivity (Wildman–Crippen MR) is 269 cm³/mol. The first-order chi connectivity index (χ1) is 30.4. The normalized spacial score (nSPS) is 11.6. The minimum Gasteiger partial charge on any atom is -0.333 e. The Bertz CT molecular complexity index is 3180. The summed E-state index contributed by atoms with van der Waals surface area (Å²) >= 11 is 1.77. The van der Waals surface area contributed by atoms with E-state index >= 15 is 0 Å². The fraction of sp³-hybridized carbons (Fsp3) is 0.158. The van der Waals surface area contributed by atoms with E-state index in [1.807, 2.05) is 48.7 Å². The van der Waals surface area contributed by atoms with Crippen molar-refractivity contribution in [2.24, 2.45) is 0 Å². The molecule has 0 fully saturated rings. The average molecular weight is 1050 g/mol. The monoisotopic (exact) mass is 1050 g/mol. The maximum atomic E-state index is 13.7. The second-order valence-corrected chi connectivity index (χ2v) is 23.9. The third-order valence-electron chi connectivity index (χ3n) is 11.8. The van der Waals surface area contributed by atoms with Crippen LogP contribution in [0.15, 0.2) is 164 Å². The molecule has 0 unspecified atom stereocenters. The van der Waals surface area contributed by atoms with Crippen LogP contribution < -0.4 is 5.19 Å². The Morgan fingerprint density at radius 3 is 1.95 bits per heavy atom. The van der Waals surface area contributed by atoms with E-state index in [9.17, 15) is 4.39 Å². The first kappa shape index (κ1) is 44.8. The molecule has 64 heavy (non-hydrogen) atoms. The number of thiophene rings is 1. The van der Waals surface area contributed by atoms with Crippen LogP contribution in [0.25, 0.3) is 81.8 Å². The number of rotatable bonds is 8. The number of fused-ring (bicyclic) bond motifs is 4. The second-order valence-electron chi connectivity index (χ2n) is 17.8. The molecule has 321 valence electrons. The van der Waals surface area contributed by atoms with Crippen molar-refractivity contribution >= 4 is 55.8 Å². The zero-order chi connectivity index (χ0) is 43.8. The number of hydrogen-bond donors (Lipinski definition) is 0. The standard InChI is InChI=1S/C43H34FN2S.C14H16NSi.Ir/c1-26(2)36-23-31(28-11-6-5-7-12-28)24-37(27(3)4)41(36)46-39-16-9-8-15-38(39)45-43(46)35-14-10-13-34-33-22-19-30(25-40(33)47-42(34)35)29-17-20-32(44)21-18-29;1-16(2,3)13-9-10-14(15-11-13)12-7-5-4-6-8-12;/h5-13,15-27H,1-4H3;4-7,9-11H,1-3H3;/q2*-1;. The molecule has 0 aliphatic carbocycles. The fourth-order valence-corrected chi connectivity index (χ4v) is 10.6. The molecule has 0 atom stereocenters. The molecule has 3 heterocycles. The Balaban J connectivity index is 0.000000279. The summed E-state index contributed by atoms with van der Waals surface area (Å²) in [7, 11) is -1.23. The van der Waals surface area contributed by atoms with Crippen LogP contribution in [0.1, 0.15) is 50.7 Å². The molecule has 0 amide bonds. The van der Waals surface area contributed by atoms with Crippen LogP contribution in [0.3, 0.4) is 0 Å². The molecular formula is C57H50FIrN3SSi-2. The molecule has 0 aliphatic heterocycles. The van der Waals surface area contributed by atoms with Gasteiger partial charge in [0.25, 0.3) is 0 Å². The van der Waals surface area contributed by atoms with Gasteiger partial charge in [-0.05, 0) is 109 Å². The molecule has 0 saturated heterocycles. The van der Waals surface area contributed by atoms with Crippen LogP contribution in [0.4, 0.5) is 4.39 Å². The number of hydrogen-bond acceptors (Lipinski definition) is 3. The van der Waals surface area contributed by atoms with Crippen molar-refractivity contribution < 1.29 is 24.5 Å². The van der Waals surface area contributed by atoms with Crippen molar-refractivity contribution in [2.75, 3.05) is 0 Å². The smallest absolute Gasteiger partial charge is 0.123 e. The number of aromatic nitrogens is 3. The van der Waals surface area contributed by atoms with E-state index in [2.05, 4.69) is 172 Å². The van der Waals surface area contributed by atoms with Gasteiger partial charge in [0.15, 0.2) is 0 Å². The molecule has 0 saturated carbocycles. The van der Waals surface area contributed by atoms with E-state index in [4.69, 9.17) is 4.98 Å².